The third-order valence-corrected chi connectivity index (χ3v) is 11.7. The van der Waals surface area contributed by atoms with Crippen molar-refractivity contribution in [3.63, 3.8) is 0 Å². The molecule has 23 nitrogen and oxygen atoms in total. The lowest BCUT2D eigenvalue weighted by atomic mass is 10.1. The highest BCUT2D eigenvalue weighted by Gasteiger charge is 2.38. The Balaban J connectivity index is 3.63. The van der Waals surface area contributed by atoms with Crippen LogP contribution in [0, 0.1) is 0 Å². The van der Waals surface area contributed by atoms with E-state index in [0.29, 0.717) is 0 Å². The highest BCUT2D eigenvalue weighted by molar-refractivity contribution is 8.76. The number of hydrogen-bond donors (Lipinski definition) is 5. The lowest BCUT2D eigenvalue weighted by Gasteiger charge is -2.36. The third kappa shape index (κ3) is 19.0. The molecule has 0 aromatic heterocycles. The number of nitrogens with one attached hydrogen (secondary N) is 5. The van der Waals surface area contributed by atoms with Gasteiger partial charge in [0.1, 0.15) is 54.0 Å². The minimum atomic E-state index is -1.48. The van der Waals surface area contributed by atoms with E-state index >= 15 is 0 Å². The third-order valence-electron chi connectivity index (χ3n) is 9.30. The minimum absolute atomic E-state index is 0.0796. The van der Waals surface area contributed by atoms with Crippen molar-refractivity contribution in [2.45, 2.75) is 116 Å². The Morgan fingerprint density at radius 1 is 0.875 bits per heavy atom. The maximum absolute atomic E-state index is 14.4. The number of carbonyl (C=O) groups excluding carboxylic acids is 10. The Morgan fingerprint density at radius 3 is 1.98 bits per heavy atom. The summed E-state index contributed by atoms with van der Waals surface area (Å²) in [5, 5.41) is 9.59. The molecular weight excluding hydrogens is 881 g/mol. The summed E-state index contributed by atoms with van der Waals surface area (Å²) in [6.07, 6.45) is -1.77. The first kappa shape index (κ1) is 57.0. The van der Waals surface area contributed by atoms with Crippen molar-refractivity contribution in [2.24, 2.45) is 0 Å². The molecule has 0 radical (unpaired) electrons. The van der Waals surface area contributed by atoms with Crippen LogP contribution in [0.5, 0.6) is 0 Å². The van der Waals surface area contributed by atoms with Crippen LogP contribution in [0.1, 0.15) is 68.7 Å². The number of hydroxylamine groups is 1. The van der Waals surface area contributed by atoms with E-state index in [9.17, 15) is 47.9 Å². The highest BCUT2D eigenvalue weighted by Crippen LogP contribution is 2.26. The molecule has 1 rings (SSSR count). The zero-order valence-corrected chi connectivity index (χ0v) is 41.2. The topological polar surface area (TPSA) is 275 Å². The van der Waals surface area contributed by atoms with Crippen LogP contribution in [0.15, 0.2) is 0 Å². The largest absolute Gasteiger partial charge is 0.444 e. The number of carbonyl (C=O) groups is 10. The molecule has 0 aliphatic carbocycles. The molecule has 0 aromatic carbocycles. The molecule has 364 valence electrons. The van der Waals surface area contributed by atoms with Crippen molar-refractivity contribution in [2.75, 3.05) is 73.4 Å². The molecule has 0 aromatic rings. The second kappa shape index (κ2) is 25.4. The van der Waals surface area contributed by atoms with E-state index < -0.39 is 121 Å². The van der Waals surface area contributed by atoms with E-state index in [1.54, 1.807) is 48.5 Å². The summed E-state index contributed by atoms with van der Waals surface area (Å²) >= 11 is 0. The molecule has 1 saturated heterocycles. The molecule has 25 heteroatoms. The SMILES string of the molecule is CC[C@H]1C(=O)N(C)C[C@@H](NC(=O)OC(C)(C)C)C(=O)NCC(=O)ON[C@H](C(=O)N(C)[C@@H](C)C(=O)N(C)C)CSSC[C@H](N(C)C(=O)CNC(=O)[C@@H](C)NC(=O)OC(C)(C)C)C(=O)N1C. The van der Waals surface area contributed by atoms with Gasteiger partial charge < -0.3 is 60.1 Å². The lowest BCUT2D eigenvalue weighted by Crippen LogP contribution is -2.59. The first-order valence-electron chi connectivity index (χ1n) is 20.4. The average molecular weight is 949 g/mol. The molecule has 6 atom stereocenters. The fourth-order valence-electron chi connectivity index (χ4n) is 5.59. The molecule has 1 fully saturated rings. The molecule has 0 spiro atoms. The van der Waals surface area contributed by atoms with Gasteiger partial charge in [-0.15, -0.1) is 5.48 Å². The molecule has 9 amide bonds. The summed E-state index contributed by atoms with van der Waals surface area (Å²) in [5.41, 5.74) is 0.625. The molecule has 1 aliphatic heterocycles. The van der Waals surface area contributed by atoms with Crippen LogP contribution in [-0.4, -0.2) is 205 Å². The molecule has 1 heterocycles. The predicted molar refractivity (Wildman–Crippen MR) is 238 cm³/mol. The first-order valence-corrected chi connectivity index (χ1v) is 22.9. The molecule has 64 heavy (non-hydrogen) atoms. The van der Waals surface area contributed by atoms with Crippen LogP contribution in [0.3, 0.4) is 0 Å². The molecule has 5 N–H and O–H groups in total. The maximum atomic E-state index is 14.4. The van der Waals surface area contributed by atoms with Gasteiger partial charge in [-0.3, -0.25) is 33.6 Å². The number of hydrogen-bond acceptors (Lipinski definition) is 16. The van der Waals surface area contributed by atoms with Crippen LogP contribution in [-0.2, 0) is 52.7 Å². The van der Waals surface area contributed by atoms with Gasteiger partial charge in [-0.25, -0.2) is 14.4 Å². The van der Waals surface area contributed by atoms with Crippen molar-refractivity contribution in [3.05, 3.63) is 0 Å². The zero-order valence-electron chi connectivity index (χ0n) is 39.6. The Hall–Kier alpha value is -5.04. The lowest BCUT2D eigenvalue weighted by molar-refractivity contribution is -0.157. The molecule has 0 saturated carbocycles. The fraction of sp³-hybridized carbons (Fsp3) is 0.744. The monoisotopic (exact) mass is 948 g/mol. The van der Waals surface area contributed by atoms with Gasteiger partial charge in [0.15, 0.2) is 0 Å². The smallest absolute Gasteiger partial charge is 0.408 e. The Morgan fingerprint density at radius 2 is 1.44 bits per heavy atom. The van der Waals surface area contributed by atoms with Gasteiger partial charge >= 0.3 is 18.2 Å². The van der Waals surface area contributed by atoms with Crippen molar-refractivity contribution >= 4 is 81.1 Å². The second-order valence-corrected chi connectivity index (χ2v) is 19.7. The van der Waals surface area contributed by atoms with E-state index in [1.807, 2.05) is 0 Å². The molecule has 1 aliphatic rings. The normalized spacial score (nSPS) is 21.0. The average Bonchev–Trinajstić information content (AvgIpc) is 3.19. The van der Waals surface area contributed by atoms with Gasteiger partial charge in [0, 0.05) is 60.3 Å². The van der Waals surface area contributed by atoms with E-state index in [2.05, 4.69) is 26.7 Å². The summed E-state index contributed by atoms with van der Waals surface area (Å²) in [6, 6.07) is -7.20. The van der Waals surface area contributed by atoms with Crippen LogP contribution < -0.4 is 26.7 Å². The van der Waals surface area contributed by atoms with E-state index in [0.717, 1.165) is 41.2 Å². The highest BCUT2D eigenvalue weighted by atomic mass is 33.1. The Bertz CT molecular complexity index is 1710. The summed E-state index contributed by atoms with van der Waals surface area (Å²) in [6.45, 7) is 12.5. The van der Waals surface area contributed by atoms with E-state index in [1.165, 1.54) is 61.0 Å². The van der Waals surface area contributed by atoms with Crippen molar-refractivity contribution in [1.82, 2.24) is 51.2 Å². The number of ether oxygens (including phenoxy) is 2. The summed E-state index contributed by atoms with van der Waals surface area (Å²) in [4.78, 5) is 144. The van der Waals surface area contributed by atoms with Crippen LogP contribution in [0.4, 0.5) is 9.59 Å². The van der Waals surface area contributed by atoms with Crippen molar-refractivity contribution in [1.29, 1.82) is 0 Å². The van der Waals surface area contributed by atoms with Crippen LogP contribution >= 0.6 is 21.6 Å². The quantitative estimate of drug-likeness (QED) is 0.134. The van der Waals surface area contributed by atoms with Gasteiger partial charge in [-0.05, 0) is 61.8 Å². The van der Waals surface area contributed by atoms with Gasteiger partial charge in [-0.2, -0.15) is 0 Å². The summed E-state index contributed by atoms with van der Waals surface area (Å²) < 4.78 is 10.5. The Kier molecular flexibility index (Phi) is 22.7. The Labute approximate surface area is 383 Å². The number of alkyl carbamates (subject to hydrolysis) is 2. The predicted octanol–water partition coefficient (Wildman–Crippen LogP) is -0.706. The number of nitrogens with zero attached hydrogens (tertiary/aromatic N) is 5. The fourth-order valence-corrected chi connectivity index (χ4v) is 8.00. The van der Waals surface area contributed by atoms with Crippen LogP contribution in [0.25, 0.3) is 0 Å². The van der Waals surface area contributed by atoms with Gasteiger partial charge in [-0.1, -0.05) is 28.5 Å². The first-order chi connectivity index (χ1) is 29.4. The molecular formula is C39H68N10O13S2. The zero-order chi connectivity index (χ0) is 49.4. The van der Waals surface area contributed by atoms with E-state index in [4.69, 9.17) is 14.3 Å². The molecule has 0 unspecified atom stereocenters. The molecule has 0 bridgehead atoms. The van der Waals surface area contributed by atoms with E-state index in [-0.39, 0.29) is 23.8 Å². The van der Waals surface area contributed by atoms with Gasteiger partial charge in [0.2, 0.25) is 41.4 Å². The van der Waals surface area contributed by atoms with Crippen LogP contribution in [0.2, 0.25) is 0 Å². The number of amides is 9. The van der Waals surface area contributed by atoms with Gasteiger partial charge in [0.05, 0.1) is 6.54 Å². The maximum Gasteiger partial charge on any atom is 0.408 e. The van der Waals surface area contributed by atoms with Gasteiger partial charge in [0.25, 0.3) is 0 Å². The standard InChI is InChI=1S/C39H68N10O13S2/c1-16-26-34(56)46(12)19-24(43-37(59)61-39(7,8)9)31(53)41-18-29(51)62-44-25(33(55)47(13)23(3)32(54)45(10)11)20-63-64-21-27(35(57)49(26)15)48(14)28(50)17-40-30(52)22(2)42-36(58)60-38(4,5)6/h22-27,44H,16-21H2,1-15H3,(H,40,52)(H,41,53)(H,42,58)(H,43,59)/t22-,23+,24-,25+,26+,27+/m1/s1. The van der Waals surface area contributed by atoms with Crippen molar-refractivity contribution in [3.8, 4) is 0 Å². The van der Waals surface area contributed by atoms with Crippen molar-refractivity contribution < 1.29 is 62.3 Å². The summed E-state index contributed by atoms with van der Waals surface area (Å²) in [5.74, 6) is -5.97. The summed E-state index contributed by atoms with van der Waals surface area (Å²) in [7, 11) is 10.6. The number of rotatable bonds is 10. The minimum Gasteiger partial charge on any atom is -0.444 e. The number of likely N-dealkylation sites (N-methyl/N-ethyl adjacent to an activating group) is 5. The second-order valence-electron chi connectivity index (χ2n) is 17.2.